The van der Waals surface area contributed by atoms with Crippen LogP contribution < -0.4 is 5.32 Å². The van der Waals surface area contributed by atoms with Gasteiger partial charge in [-0.2, -0.15) is 0 Å². The normalized spacial score (nSPS) is 45.0. The first-order valence-corrected chi connectivity index (χ1v) is 23.2. The van der Waals surface area contributed by atoms with Crippen molar-refractivity contribution in [2.75, 3.05) is 32.4 Å². The largest absolute Gasteiger partial charge is 0.445 e. The van der Waals surface area contributed by atoms with Gasteiger partial charge in [-0.1, -0.05) is 70.5 Å². The Hall–Kier alpha value is -1.15. The van der Waals surface area contributed by atoms with E-state index >= 15 is 0 Å². The first-order chi connectivity index (χ1) is 24.3. The van der Waals surface area contributed by atoms with Crippen LogP contribution in [0.15, 0.2) is 35.5 Å². The molecule has 5 fully saturated rings. The highest BCUT2D eigenvalue weighted by Crippen LogP contribution is 2.76. The van der Waals surface area contributed by atoms with E-state index in [4.69, 9.17) is 16.3 Å². The molecule has 4 saturated carbocycles. The molecule has 1 saturated heterocycles. The van der Waals surface area contributed by atoms with E-state index in [2.05, 4.69) is 70.5 Å². The van der Waals surface area contributed by atoms with Crippen molar-refractivity contribution in [3.05, 3.63) is 35.5 Å². The van der Waals surface area contributed by atoms with Crippen LogP contribution in [0.1, 0.15) is 131 Å². The van der Waals surface area contributed by atoms with Crippen LogP contribution in [-0.4, -0.2) is 68.1 Å². The summed E-state index contributed by atoms with van der Waals surface area (Å²) in [4.78, 5) is 13.6. The molecule has 8 heteroatoms. The summed E-state index contributed by atoms with van der Waals surface area (Å²) < 4.78 is 29.6. The zero-order valence-corrected chi connectivity index (χ0v) is 35.1. The molecule has 0 bridgehead atoms. The smallest absolute Gasteiger partial charge is 0.294 e. The molecule has 1 heterocycles. The molecule has 6 aliphatic carbocycles. The zero-order valence-electron chi connectivity index (χ0n) is 33.5. The Bertz CT molecular complexity index is 1600. The summed E-state index contributed by atoms with van der Waals surface area (Å²) in [5, 5.41) is 3.21. The van der Waals surface area contributed by atoms with Crippen molar-refractivity contribution in [1.29, 1.82) is 0 Å². The average Bonchev–Trinajstić information content (AvgIpc) is 3.45. The first-order valence-electron chi connectivity index (χ1n) is 20.9. The number of piperidine rings is 1. The molecule has 1 unspecified atom stereocenters. The van der Waals surface area contributed by atoms with E-state index in [1.54, 1.807) is 0 Å². The highest BCUT2D eigenvalue weighted by molar-refractivity contribution is 7.91. The highest BCUT2D eigenvalue weighted by atomic mass is 35.5. The molecule has 0 radical (unpaired) electrons. The van der Waals surface area contributed by atoms with Crippen molar-refractivity contribution in [2.24, 2.45) is 51.2 Å². The third kappa shape index (κ3) is 6.15. The number of fused-ring (bicyclic) bond motifs is 7. The molecule has 6 nitrogen and oxygen atoms in total. The maximum absolute atomic E-state index is 12.1. The van der Waals surface area contributed by atoms with Gasteiger partial charge in [0.15, 0.2) is 5.06 Å². The average molecular weight is 758 g/mol. The minimum atomic E-state index is -2.95. The van der Waals surface area contributed by atoms with Gasteiger partial charge in [0, 0.05) is 37.7 Å². The van der Waals surface area contributed by atoms with Crippen LogP contribution in [-0.2, 0) is 19.4 Å². The van der Waals surface area contributed by atoms with Crippen LogP contribution in [0.4, 0.5) is 0 Å². The molecule has 1 aliphatic heterocycles. The second kappa shape index (κ2) is 13.5. The van der Waals surface area contributed by atoms with E-state index in [1.165, 1.54) is 74.3 Å². The second-order valence-electron chi connectivity index (χ2n) is 20.2. The number of likely N-dealkylation sites (tertiary alicyclic amines) is 1. The number of nitrogens with one attached hydrogen (secondary N) is 1. The summed E-state index contributed by atoms with van der Waals surface area (Å²) in [7, 11) is -2.95. The number of ether oxygens (including phenoxy) is 1. The van der Waals surface area contributed by atoms with Gasteiger partial charge in [-0.05, 0) is 159 Å². The molecule has 7 rings (SSSR count). The monoisotopic (exact) mass is 756 g/mol. The molecule has 0 aromatic carbocycles. The quantitative estimate of drug-likeness (QED) is 0.144. The fourth-order valence-corrected chi connectivity index (χ4v) is 16.1. The van der Waals surface area contributed by atoms with E-state index in [-0.39, 0.29) is 21.6 Å². The van der Waals surface area contributed by atoms with Crippen LogP contribution in [0.3, 0.4) is 0 Å². The van der Waals surface area contributed by atoms with E-state index in [0.29, 0.717) is 59.7 Å². The maximum Gasteiger partial charge on any atom is 0.294 e. The van der Waals surface area contributed by atoms with E-state index in [0.717, 1.165) is 51.9 Å². The SMILES string of the molecule is C=C(C)[C@@H]1CC[C@]2(NCCN3CCC(S(C)(=O)=O)CC3)CC[C@]3(C)[C@H](CC[C@@H]4[C@@]5(C)CC=C(C6=CCC(Cl)(OC=O)CC6)C(C)(C)[C@@H]5CC[C@]43C)[C@@H]12. The fourth-order valence-electron chi connectivity index (χ4n) is 14.9. The van der Waals surface area contributed by atoms with Gasteiger partial charge >= 0.3 is 0 Å². The van der Waals surface area contributed by atoms with Gasteiger partial charge in [0.2, 0.25) is 0 Å². The number of nitrogens with zero attached hydrogens (tertiary/aromatic N) is 1. The Balaban J connectivity index is 1.10. The van der Waals surface area contributed by atoms with Crippen LogP contribution in [0.2, 0.25) is 0 Å². The number of allylic oxidation sites excluding steroid dienone is 4. The van der Waals surface area contributed by atoms with Crippen LogP contribution in [0.5, 0.6) is 0 Å². The molecule has 0 spiro atoms. The van der Waals surface area contributed by atoms with Crippen molar-refractivity contribution in [3.8, 4) is 0 Å². The molecule has 10 atom stereocenters. The minimum Gasteiger partial charge on any atom is -0.445 e. The van der Waals surface area contributed by atoms with Crippen molar-refractivity contribution in [3.63, 3.8) is 0 Å². The summed E-state index contributed by atoms with van der Waals surface area (Å²) >= 11 is 6.64. The summed E-state index contributed by atoms with van der Waals surface area (Å²) in [6.07, 6.45) is 21.4. The molecule has 7 aliphatic rings. The lowest BCUT2D eigenvalue weighted by Gasteiger charge is -2.72. The number of rotatable bonds is 9. The van der Waals surface area contributed by atoms with Crippen LogP contribution >= 0.6 is 11.6 Å². The fraction of sp³-hybridized carbons (Fsp3) is 0.841. The molecule has 0 aromatic heterocycles. The Morgan fingerprint density at radius 2 is 1.67 bits per heavy atom. The van der Waals surface area contributed by atoms with Gasteiger partial charge in [-0.3, -0.25) is 4.79 Å². The lowest BCUT2D eigenvalue weighted by Crippen LogP contribution is -2.68. The molecule has 1 N–H and O–H groups in total. The predicted molar refractivity (Wildman–Crippen MR) is 213 cm³/mol. The second-order valence-corrected chi connectivity index (χ2v) is 23.2. The number of halogens is 1. The molecular formula is C44H69ClN2O4S. The van der Waals surface area contributed by atoms with Gasteiger partial charge < -0.3 is 15.0 Å². The topological polar surface area (TPSA) is 75.7 Å². The lowest BCUT2D eigenvalue weighted by molar-refractivity contribution is -0.221. The van der Waals surface area contributed by atoms with Gasteiger partial charge in [0.05, 0.1) is 5.25 Å². The van der Waals surface area contributed by atoms with Gasteiger partial charge in [0.25, 0.3) is 6.47 Å². The minimum absolute atomic E-state index is 0.0813. The number of carbonyl (C=O) groups is 1. The number of carbonyl (C=O) groups excluding carboxylic acids is 1. The van der Waals surface area contributed by atoms with Gasteiger partial charge in [-0.25, -0.2) is 8.42 Å². The van der Waals surface area contributed by atoms with E-state index in [9.17, 15) is 13.2 Å². The van der Waals surface area contributed by atoms with Crippen molar-refractivity contribution >= 4 is 27.9 Å². The molecule has 52 heavy (non-hydrogen) atoms. The van der Waals surface area contributed by atoms with Crippen LogP contribution in [0.25, 0.3) is 0 Å². The number of hydrogen-bond acceptors (Lipinski definition) is 6. The Morgan fingerprint density at radius 1 is 0.942 bits per heavy atom. The third-order valence-corrected chi connectivity index (χ3v) is 19.8. The number of alkyl halides is 1. The molecule has 0 aromatic rings. The van der Waals surface area contributed by atoms with Crippen molar-refractivity contribution < 1.29 is 17.9 Å². The maximum atomic E-state index is 12.1. The standard InChI is InChI=1S/C44H69ClN2O4S/c1-30(2)33-13-20-43(46-25-28-47-26-16-32(17-27-47)52(8,49)50)24-23-41(6)35(38(33)43)9-10-37-40(5)18-14-34(31-11-21-44(45,22-12-31)51-29-48)39(3,4)36(40)15-19-42(37,41)7/h11,14,29,32-33,35-38,46H,1,9-10,12-13,15-28H2,2-8H3/t33-,35+,36-,37+,38+,40-,41+,42+,43-,44?/m0/s1. The summed E-state index contributed by atoms with van der Waals surface area (Å²) in [5.41, 5.74) is 5.45. The Labute approximate surface area is 321 Å². The van der Waals surface area contributed by atoms with Crippen LogP contribution in [0, 0.1) is 51.2 Å². The number of sulfone groups is 1. The summed E-state index contributed by atoms with van der Waals surface area (Å²) in [6.45, 7) is 24.4. The first kappa shape index (κ1) is 39.1. The van der Waals surface area contributed by atoms with Crippen molar-refractivity contribution in [1.82, 2.24) is 10.2 Å². The molecular weight excluding hydrogens is 688 g/mol. The predicted octanol–water partition coefficient (Wildman–Crippen LogP) is 9.25. The van der Waals surface area contributed by atoms with Gasteiger partial charge in [0.1, 0.15) is 9.84 Å². The summed E-state index contributed by atoms with van der Waals surface area (Å²) in [5.74, 6) is 3.25. The molecule has 0 amide bonds. The lowest BCUT2D eigenvalue weighted by atomic mass is 9.33. The number of hydrogen-bond donors (Lipinski definition) is 1. The summed E-state index contributed by atoms with van der Waals surface area (Å²) in [6, 6.07) is 0. The Morgan fingerprint density at radius 3 is 2.31 bits per heavy atom. The third-order valence-electron chi connectivity index (χ3n) is 17.7. The molecule has 292 valence electrons. The zero-order chi connectivity index (χ0) is 37.5. The van der Waals surface area contributed by atoms with E-state index < -0.39 is 14.9 Å². The Kier molecular flexibility index (Phi) is 10.2. The highest BCUT2D eigenvalue weighted by Gasteiger charge is 2.70. The van der Waals surface area contributed by atoms with Crippen molar-refractivity contribution in [2.45, 2.75) is 147 Å². The van der Waals surface area contributed by atoms with E-state index in [1.807, 2.05) is 0 Å². The van der Waals surface area contributed by atoms with Gasteiger partial charge in [-0.15, -0.1) is 0 Å².